The number of rotatable bonds is 7. The second kappa shape index (κ2) is 11.2. The minimum atomic E-state index is -2.19. The first-order valence-corrected chi connectivity index (χ1v) is 18.8. The molecule has 4 aliphatic heterocycles. The Bertz CT molecular complexity index is 1580. The molecule has 2 aromatic carbocycles. The molecule has 242 valence electrons. The number of aryl methyl sites for hydroxylation is 1. The summed E-state index contributed by atoms with van der Waals surface area (Å²) in [7, 11) is 1.50. The first-order valence-electron chi connectivity index (χ1n) is 15.9. The normalized spacial score (nSPS) is 25.6. The van der Waals surface area contributed by atoms with Crippen LogP contribution in [0, 0.1) is 25.2 Å². The second-order valence-corrected chi connectivity index (χ2v) is 19.2. The summed E-state index contributed by atoms with van der Waals surface area (Å²) in [5.41, 5.74) is 5.75. The molecule has 1 saturated heterocycles. The van der Waals surface area contributed by atoms with E-state index in [-0.39, 0.29) is 41.7 Å². The summed E-state index contributed by atoms with van der Waals surface area (Å²) in [6, 6.07) is 3.68. The van der Waals surface area contributed by atoms with Crippen molar-refractivity contribution in [3.05, 3.63) is 52.1 Å². The van der Waals surface area contributed by atoms with E-state index in [1.807, 2.05) is 13.8 Å². The summed E-state index contributed by atoms with van der Waals surface area (Å²) in [4.78, 5) is 4.67. The van der Waals surface area contributed by atoms with Gasteiger partial charge in [0.05, 0.1) is 31.9 Å². The molecule has 10 heteroatoms. The van der Waals surface area contributed by atoms with Gasteiger partial charge in [0.15, 0.2) is 31.3 Å². The Hall–Kier alpha value is -3.23. The summed E-state index contributed by atoms with van der Waals surface area (Å²) in [5.74, 6) is 2.86. The van der Waals surface area contributed by atoms with Crippen LogP contribution >= 0.6 is 0 Å². The number of nitriles is 1. The molecule has 1 unspecified atom stereocenters. The zero-order valence-electron chi connectivity index (χ0n) is 28.1. The van der Waals surface area contributed by atoms with Crippen molar-refractivity contribution in [1.82, 2.24) is 9.80 Å². The first kappa shape index (κ1) is 31.7. The lowest BCUT2D eigenvalue weighted by atomic mass is 9.71. The van der Waals surface area contributed by atoms with Crippen LogP contribution in [0.25, 0.3) is 0 Å². The zero-order chi connectivity index (χ0) is 32.6. The van der Waals surface area contributed by atoms with E-state index in [9.17, 15) is 10.4 Å². The SMILES string of the molecule is C=CCOc1c(C)c2c(c3c1CC1[C@@H]4c5c(cc(C)c(OC)c5O)C[C@H]([C@H](C#N)N1[C@H]3CO[Si](C)(C)C(C)(C)C)N4C)OCO2. The van der Waals surface area contributed by atoms with Crippen molar-refractivity contribution in [1.29, 1.82) is 5.26 Å². The van der Waals surface area contributed by atoms with Gasteiger partial charge in [-0.25, -0.2) is 0 Å². The summed E-state index contributed by atoms with van der Waals surface area (Å²) in [6.07, 6.45) is 2.98. The maximum Gasteiger partial charge on any atom is 0.231 e. The van der Waals surface area contributed by atoms with Crippen molar-refractivity contribution in [2.75, 3.05) is 34.2 Å². The van der Waals surface area contributed by atoms with Crippen LogP contribution in [-0.2, 0) is 17.3 Å². The lowest BCUT2D eigenvalue weighted by Crippen LogP contribution is -2.68. The van der Waals surface area contributed by atoms with Gasteiger partial charge in [-0.2, -0.15) is 5.26 Å². The Labute approximate surface area is 268 Å². The first-order chi connectivity index (χ1) is 21.3. The molecule has 5 atom stereocenters. The van der Waals surface area contributed by atoms with E-state index in [1.165, 1.54) is 0 Å². The smallest absolute Gasteiger partial charge is 0.231 e. The zero-order valence-corrected chi connectivity index (χ0v) is 29.1. The van der Waals surface area contributed by atoms with E-state index >= 15 is 0 Å². The number of hydrogen-bond donors (Lipinski definition) is 1. The van der Waals surface area contributed by atoms with E-state index in [1.54, 1.807) is 13.2 Å². The fourth-order valence-corrected chi connectivity index (χ4v) is 8.84. The van der Waals surface area contributed by atoms with Crippen molar-refractivity contribution in [3.8, 4) is 34.8 Å². The number of fused-ring (bicyclic) bond motifs is 9. The monoisotopic (exact) mass is 633 g/mol. The molecule has 2 bridgehead atoms. The third-order valence-electron chi connectivity index (χ3n) is 11.0. The number of phenols is 1. The van der Waals surface area contributed by atoms with E-state index in [4.69, 9.17) is 23.4 Å². The number of likely N-dealkylation sites (N-methyl/N-ethyl adjacent to an activating group) is 1. The molecule has 9 nitrogen and oxygen atoms in total. The predicted octanol–water partition coefficient (Wildman–Crippen LogP) is 6.10. The standard InChI is InChI=1S/C35H47N3O6Si/c1-11-12-41-32-20(3)33-34(43-18-42-33)28-22(32)15-24-29-27-21(13-19(2)31(40-8)30(27)39)14-23(37(29)7)25(16-36)38(24)26(28)17-44-45(9,10)35(4,5)6/h11,13,23-26,29,39H,1,12,14-15,17-18H2,2-10H3/t23-,24?,25+,26+,29-/m1/s1. The van der Waals surface area contributed by atoms with Gasteiger partial charge in [-0.15, -0.1) is 0 Å². The Kier molecular flexibility index (Phi) is 7.92. The highest BCUT2D eigenvalue weighted by Crippen LogP contribution is 2.58. The molecule has 4 heterocycles. The van der Waals surface area contributed by atoms with Crippen LogP contribution in [0.5, 0.6) is 28.7 Å². The van der Waals surface area contributed by atoms with Crippen LogP contribution in [0.3, 0.4) is 0 Å². The van der Waals surface area contributed by atoms with Crippen molar-refractivity contribution in [2.24, 2.45) is 0 Å². The second-order valence-electron chi connectivity index (χ2n) is 14.4. The fraction of sp³-hybridized carbons (Fsp3) is 0.571. The lowest BCUT2D eigenvalue weighted by Gasteiger charge is -2.60. The molecular weight excluding hydrogens is 586 g/mol. The molecule has 1 fully saturated rings. The summed E-state index contributed by atoms with van der Waals surface area (Å²) in [6.45, 7) is 20.0. The van der Waals surface area contributed by atoms with E-state index in [0.717, 1.165) is 44.9 Å². The quantitative estimate of drug-likeness (QED) is 0.286. The van der Waals surface area contributed by atoms with Gasteiger partial charge in [0.1, 0.15) is 18.4 Å². The van der Waals surface area contributed by atoms with Gasteiger partial charge >= 0.3 is 0 Å². The van der Waals surface area contributed by atoms with Crippen molar-refractivity contribution in [2.45, 2.75) is 95.8 Å². The molecule has 0 aliphatic carbocycles. The molecule has 0 saturated carbocycles. The number of aromatic hydroxyl groups is 1. The van der Waals surface area contributed by atoms with Gasteiger partial charge in [0.25, 0.3) is 0 Å². The molecular formula is C35H47N3O6Si. The number of benzene rings is 2. The largest absolute Gasteiger partial charge is 0.504 e. The minimum Gasteiger partial charge on any atom is -0.504 e. The average molecular weight is 634 g/mol. The van der Waals surface area contributed by atoms with Crippen LogP contribution in [0.2, 0.25) is 18.1 Å². The van der Waals surface area contributed by atoms with Gasteiger partial charge in [-0.1, -0.05) is 39.5 Å². The molecule has 0 amide bonds. The Morgan fingerprint density at radius 1 is 1.13 bits per heavy atom. The average Bonchev–Trinajstić information content (AvgIpc) is 3.46. The lowest BCUT2D eigenvalue weighted by molar-refractivity contribution is -0.0814. The molecule has 0 aromatic heterocycles. The summed E-state index contributed by atoms with van der Waals surface area (Å²) < 4.78 is 31.4. The van der Waals surface area contributed by atoms with Crippen LogP contribution in [-0.4, -0.2) is 75.5 Å². The van der Waals surface area contributed by atoms with Gasteiger partial charge in [-0.3, -0.25) is 9.80 Å². The van der Waals surface area contributed by atoms with Gasteiger partial charge in [0, 0.05) is 34.3 Å². The summed E-state index contributed by atoms with van der Waals surface area (Å²) in [5, 5.41) is 22.7. The Morgan fingerprint density at radius 3 is 2.49 bits per heavy atom. The molecule has 1 N–H and O–H groups in total. The van der Waals surface area contributed by atoms with Crippen molar-refractivity contribution in [3.63, 3.8) is 0 Å². The maximum atomic E-state index is 11.7. The minimum absolute atomic E-state index is 0.00334. The molecule has 45 heavy (non-hydrogen) atoms. The number of nitrogens with zero attached hydrogens (tertiary/aromatic N) is 3. The number of methoxy groups -OCH3 is 1. The molecule has 6 rings (SSSR count). The third-order valence-corrected chi connectivity index (χ3v) is 15.5. The van der Waals surface area contributed by atoms with Gasteiger partial charge in [-0.05, 0) is 63.0 Å². The van der Waals surface area contributed by atoms with Crippen molar-refractivity contribution >= 4 is 8.32 Å². The maximum absolute atomic E-state index is 11.7. The molecule has 0 radical (unpaired) electrons. The van der Waals surface area contributed by atoms with Crippen molar-refractivity contribution < 1.29 is 28.5 Å². The van der Waals surface area contributed by atoms with Crippen LogP contribution in [0.15, 0.2) is 18.7 Å². The van der Waals surface area contributed by atoms with E-state index in [0.29, 0.717) is 37.6 Å². The fourth-order valence-electron chi connectivity index (χ4n) is 7.83. The predicted molar refractivity (Wildman–Crippen MR) is 175 cm³/mol. The Morgan fingerprint density at radius 2 is 1.84 bits per heavy atom. The molecule has 0 spiro atoms. The number of piperazine rings is 1. The van der Waals surface area contributed by atoms with E-state index in [2.05, 4.69) is 69.4 Å². The van der Waals surface area contributed by atoms with Gasteiger partial charge in [0.2, 0.25) is 6.79 Å². The highest BCUT2D eigenvalue weighted by atomic mass is 28.4. The third kappa shape index (κ3) is 4.73. The summed E-state index contributed by atoms with van der Waals surface area (Å²) >= 11 is 0. The number of hydrogen-bond acceptors (Lipinski definition) is 9. The Balaban J connectivity index is 1.60. The van der Waals surface area contributed by atoms with Crippen LogP contribution < -0.4 is 18.9 Å². The molecule has 4 aliphatic rings. The van der Waals surface area contributed by atoms with Crippen LogP contribution in [0.1, 0.15) is 66.2 Å². The topological polar surface area (TPSA) is 96.7 Å². The van der Waals surface area contributed by atoms with E-state index < -0.39 is 14.4 Å². The highest BCUT2D eigenvalue weighted by Gasteiger charge is 2.57. The molecule has 2 aromatic rings. The highest BCUT2D eigenvalue weighted by molar-refractivity contribution is 6.74. The number of phenolic OH excluding ortho intramolecular Hbond substituents is 1. The van der Waals surface area contributed by atoms with Crippen LogP contribution in [0.4, 0.5) is 0 Å². The van der Waals surface area contributed by atoms with Gasteiger partial charge < -0.3 is 28.5 Å². The number of ether oxygens (including phenoxy) is 4.